The summed E-state index contributed by atoms with van der Waals surface area (Å²) in [5.41, 5.74) is 2.75. The van der Waals surface area contributed by atoms with Crippen molar-refractivity contribution in [2.24, 2.45) is 0 Å². The van der Waals surface area contributed by atoms with Crippen molar-refractivity contribution in [1.29, 1.82) is 0 Å². The van der Waals surface area contributed by atoms with E-state index < -0.39 is 0 Å². The fourth-order valence-corrected chi connectivity index (χ4v) is 3.07. The topological polar surface area (TPSA) is 52.6 Å². The smallest absolute Gasteiger partial charge is 0.253 e. The number of nitrogens with zero attached hydrogens (tertiary/aromatic N) is 1. The summed E-state index contributed by atoms with van der Waals surface area (Å²) < 4.78 is 0. The molecule has 0 aliphatic carbocycles. The van der Waals surface area contributed by atoms with E-state index in [1.165, 1.54) is 0 Å². The van der Waals surface area contributed by atoms with Crippen LogP contribution in [0.5, 0.6) is 5.75 Å². The van der Waals surface area contributed by atoms with Gasteiger partial charge in [0.2, 0.25) is 0 Å². The number of carbonyl (C=O) groups excluding carboxylic acids is 1. The number of hydrogen-bond acceptors (Lipinski definition) is 3. The molecule has 0 aliphatic rings. The van der Waals surface area contributed by atoms with E-state index in [9.17, 15) is 9.90 Å². The number of benzene rings is 1. The average Bonchev–Trinajstić information content (AvgIpc) is 2.41. The standard InChI is InChI=1S/C20H34N2O2/c1-13-14(18(24)22(9)11-10-21-8)12-15(19(2,3)4)17(23)16(13)20(5,6)7/h12,21,23H,10-11H2,1-9H3. The molecule has 0 radical (unpaired) electrons. The number of hydrogen-bond donors (Lipinski definition) is 2. The predicted octanol–water partition coefficient (Wildman–Crippen LogP) is 3.59. The minimum absolute atomic E-state index is 0.00116. The van der Waals surface area contributed by atoms with Crippen LogP contribution in [0.15, 0.2) is 6.07 Å². The Morgan fingerprint density at radius 2 is 1.71 bits per heavy atom. The maximum Gasteiger partial charge on any atom is 0.253 e. The molecule has 0 unspecified atom stereocenters. The molecule has 0 bridgehead atoms. The summed E-state index contributed by atoms with van der Waals surface area (Å²) in [5.74, 6) is 0.320. The summed E-state index contributed by atoms with van der Waals surface area (Å²) in [6.07, 6.45) is 0. The number of aromatic hydroxyl groups is 1. The second-order valence-electron chi connectivity index (χ2n) is 8.65. The van der Waals surface area contributed by atoms with E-state index in [0.29, 0.717) is 17.9 Å². The predicted molar refractivity (Wildman–Crippen MR) is 101 cm³/mol. The number of amides is 1. The van der Waals surface area contributed by atoms with Crippen molar-refractivity contribution in [3.63, 3.8) is 0 Å². The zero-order chi connectivity index (χ0) is 18.9. The Bertz CT molecular complexity index is 608. The normalized spacial score (nSPS) is 12.4. The lowest BCUT2D eigenvalue weighted by atomic mass is 9.76. The fraction of sp³-hybridized carbons (Fsp3) is 0.650. The van der Waals surface area contributed by atoms with Crippen LogP contribution in [-0.4, -0.2) is 43.1 Å². The molecule has 1 aromatic rings. The molecule has 0 fully saturated rings. The van der Waals surface area contributed by atoms with Gasteiger partial charge in [0.25, 0.3) is 5.91 Å². The van der Waals surface area contributed by atoms with E-state index in [2.05, 4.69) is 46.9 Å². The highest BCUT2D eigenvalue weighted by Crippen LogP contribution is 2.42. The van der Waals surface area contributed by atoms with Crippen LogP contribution >= 0.6 is 0 Å². The van der Waals surface area contributed by atoms with Gasteiger partial charge in [0, 0.05) is 36.8 Å². The van der Waals surface area contributed by atoms with Crippen molar-refractivity contribution in [2.75, 3.05) is 27.2 Å². The maximum absolute atomic E-state index is 13.0. The van der Waals surface area contributed by atoms with Gasteiger partial charge in [0.05, 0.1) is 0 Å². The van der Waals surface area contributed by atoms with Crippen LogP contribution < -0.4 is 5.32 Å². The van der Waals surface area contributed by atoms with Gasteiger partial charge in [-0.3, -0.25) is 4.79 Å². The minimum atomic E-state index is -0.242. The van der Waals surface area contributed by atoms with Crippen LogP contribution in [-0.2, 0) is 10.8 Å². The molecule has 1 aromatic carbocycles. The Labute approximate surface area is 147 Å². The van der Waals surface area contributed by atoms with E-state index in [1.54, 1.807) is 4.90 Å². The van der Waals surface area contributed by atoms with Crippen molar-refractivity contribution >= 4 is 5.91 Å². The SMILES string of the molecule is CNCCN(C)C(=O)c1cc(C(C)(C)C)c(O)c(C(C)(C)C)c1C. The number of carbonyl (C=O) groups is 1. The lowest BCUT2D eigenvalue weighted by molar-refractivity contribution is 0.0795. The molecule has 1 amide bonds. The third kappa shape index (κ3) is 4.29. The van der Waals surface area contributed by atoms with Crippen molar-refractivity contribution in [2.45, 2.75) is 59.3 Å². The van der Waals surface area contributed by atoms with Crippen molar-refractivity contribution in [3.05, 3.63) is 28.3 Å². The third-order valence-corrected chi connectivity index (χ3v) is 4.39. The Morgan fingerprint density at radius 3 is 2.12 bits per heavy atom. The Morgan fingerprint density at radius 1 is 1.17 bits per heavy atom. The van der Waals surface area contributed by atoms with Crippen LogP contribution in [0.4, 0.5) is 0 Å². The van der Waals surface area contributed by atoms with E-state index in [1.807, 2.05) is 27.1 Å². The molecule has 2 N–H and O–H groups in total. The highest BCUT2D eigenvalue weighted by molar-refractivity contribution is 5.96. The molecule has 136 valence electrons. The molecule has 0 atom stereocenters. The van der Waals surface area contributed by atoms with Crippen molar-refractivity contribution < 1.29 is 9.90 Å². The van der Waals surface area contributed by atoms with Crippen LogP contribution in [0.3, 0.4) is 0 Å². The van der Waals surface area contributed by atoms with Gasteiger partial charge in [0.1, 0.15) is 5.75 Å². The molecule has 4 nitrogen and oxygen atoms in total. The van der Waals surface area contributed by atoms with Crippen LogP contribution in [0, 0.1) is 6.92 Å². The summed E-state index contributed by atoms with van der Waals surface area (Å²) in [7, 11) is 3.69. The number of rotatable bonds is 4. The lowest BCUT2D eigenvalue weighted by Gasteiger charge is -2.31. The average molecular weight is 335 g/mol. The molecule has 0 aliphatic heterocycles. The lowest BCUT2D eigenvalue weighted by Crippen LogP contribution is -2.34. The van der Waals surface area contributed by atoms with Gasteiger partial charge >= 0.3 is 0 Å². The van der Waals surface area contributed by atoms with Gasteiger partial charge in [-0.05, 0) is 36.4 Å². The highest BCUT2D eigenvalue weighted by atomic mass is 16.3. The van der Waals surface area contributed by atoms with Crippen molar-refractivity contribution in [3.8, 4) is 5.75 Å². The van der Waals surface area contributed by atoms with E-state index >= 15 is 0 Å². The number of likely N-dealkylation sites (N-methyl/N-ethyl adjacent to an activating group) is 2. The monoisotopic (exact) mass is 334 g/mol. The summed E-state index contributed by atoms with van der Waals surface area (Å²) in [5, 5.41) is 14.0. The highest BCUT2D eigenvalue weighted by Gasteiger charge is 2.31. The number of nitrogens with one attached hydrogen (secondary N) is 1. The first-order valence-electron chi connectivity index (χ1n) is 8.60. The summed E-state index contributed by atoms with van der Waals surface area (Å²) in [6.45, 7) is 15.7. The third-order valence-electron chi connectivity index (χ3n) is 4.39. The first-order chi connectivity index (χ1) is 10.8. The first-order valence-corrected chi connectivity index (χ1v) is 8.60. The first kappa shape index (κ1) is 20.5. The van der Waals surface area contributed by atoms with Gasteiger partial charge in [-0.2, -0.15) is 0 Å². The van der Waals surface area contributed by atoms with Gasteiger partial charge in [-0.1, -0.05) is 41.5 Å². The van der Waals surface area contributed by atoms with Crippen molar-refractivity contribution in [1.82, 2.24) is 10.2 Å². The molecule has 0 spiro atoms. The van der Waals surface area contributed by atoms with Gasteiger partial charge < -0.3 is 15.3 Å². The second kappa shape index (κ2) is 7.14. The summed E-state index contributed by atoms with van der Waals surface area (Å²) in [4.78, 5) is 14.7. The molecule has 0 saturated carbocycles. The van der Waals surface area contributed by atoms with E-state index in [0.717, 1.165) is 23.2 Å². The van der Waals surface area contributed by atoms with Crippen LogP contribution in [0.25, 0.3) is 0 Å². The Kier molecular flexibility index (Phi) is 6.10. The quantitative estimate of drug-likeness (QED) is 0.885. The molecule has 4 heteroatoms. The zero-order valence-electron chi connectivity index (χ0n) is 16.8. The van der Waals surface area contributed by atoms with Gasteiger partial charge in [0.15, 0.2) is 0 Å². The fourth-order valence-electron chi connectivity index (χ4n) is 3.07. The van der Waals surface area contributed by atoms with Gasteiger partial charge in [-0.15, -0.1) is 0 Å². The van der Waals surface area contributed by atoms with Gasteiger partial charge in [-0.25, -0.2) is 0 Å². The molecular weight excluding hydrogens is 300 g/mol. The molecule has 24 heavy (non-hydrogen) atoms. The Hall–Kier alpha value is -1.55. The number of phenolic OH excluding ortho intramolecular Hbond substituents is 1. The van der Waals surface area contributed by atoms with Crippen LogP contribution in [0.1, 0.15) is 68.6 Å². The molecule has 0 heterocycles. The number of phenols is 1. The molecular formula is C20H34N2O2. The minimum Gasteiger partial charge on any atom is -0.507 e. The van der Waals surface area contributed by atoms with E-state index in [-0.39, 0.29) is 16.7 Å². The van der Waals surface area contributed by atoms with E-state index in [4.69, 9.17) is 0 Å². The second-order valence-corrected chi connectivity index (χ2v) is 8.65. The molecule has 0 saturated heterocycles. The largest absolute Gasteiger partial charge is 0.507 e. The zero-order valence-corrected chi connectivity index (χ0v) is 16.8. The summed E-state index contributed by atoms with van der Waals surface area (Å²) >= 11 is 0. The van der Waals surface area contributed by atoms with Crippen LogP contribution in [0.2, 0.25) is 0 Å². The Balaban J connectivity index is 3.59. The summed E-state index contributed by atoms with van der Waals surface area (Å²) in [6, 6.07) is 1.87. The molecule has 1 rings (SSSR count). The maximum atomic E-state index is 13.0. The molecule has 0 aromatic heterocycles.